The molecule has 1 aliphatic rings. The van der Waals surface area contributed by atoms with Gasteiger partial charge in [0.15, 0.2) is 0 Å². The lowest BCUT2D eigenvalue weighted by molar-refractivity contribution is -0.135. The van der Waals surface area contributed by atoms with Crippen LogP contribution in [0, 0.1) is 0 Å². The Bertz CT molecular complexity index is 926. The molecule has 0 aliphatic carbocycles. The molecule has 0 bridgehead atoms. The van der Waals surface area contributed by atoms with E-state index in [0.717, 1.165) is 42.6 Å². The van der Waals surface area contributed by atoms with E-state index < -0.39 is 0 Å². The highest BCUT2D eigenvalue weighted by molar-refractivity contribution is 5.75. The lowest BCUT2D eigenvalue weighted by atomic mass is 10.0. The number of nitrogens with two attached hydrogens (primary N) is 1. The van der Waals surface area contributed by atoms with Gasteiger partial charge in [-0.25, -0.2) is 0 Å². The highest BCUT2D eigenvalue weighted by Crippen LogP contribution is 2.33. The van der Waals surface area contributed by atoms with Gasteiger partial charge in [0.05, 0.1) is 6.42 Å². The number of rotatable bonds is 7. The summed E-state index contributed by atoms with van der Waals surface area (Å²) >= 11 is 0. The summed E-state index contributed by atoms with van der Waals surface area (Å²) < 4.78 is 11.7. The first-order chi connectivity index (χ1) is 14.8. The van der Waals surface area contributed by atoms with E-state index in [2.05, 4.69) is 42.1 Å². The number of ether oxygens (including phenoxy) is 2. The van der Waals surface area contributed by atoms with Crippen LogP contribution in [-0.4, -0.2) is 13.0 Å². The van der Waals surface area contributed by atoms with Gasteiger partial charge in [-0.3, -0.25) is 4.79 Å². The summed E-state index contributed by atoms with van der Waals surface area (Å²) in [5.74, 6) is 1.19. The molecular formula is C26H29NO3. The number of benzene rings is 3. The third-order valence-corrected chi connectivity index (χ3v) is 5.09. The number of hydrogen-bond donors (Lipinski definition) is 1. The van der Waals surface area contributed by atoms with Crippen molar-refractivity contribution in [2.75, 3.05) is 7.05 Å². The molecule has 156 valence electrons. The Hall–Kier alpha value is -3.11. The molecule has 0 amide bonds. The summed E-state index contributed by atoms with van der Waals surface area (Å²) in [4.78, 5) is 11.6. The summed E-state index contributed by atoms with van der Waals surface area (Å²) in [6.45, 7) is 0. The average Bonchev–Trinajstić information content (AvgIpc) is 2.81. The minimum absolute atomic E-state index is 0.0396. The van der Waals surface area contributed by atoms with Crippen LogP contribution in [0.3, 0.4) is 0 Å². The summed E-state index contributed by atoms with van der Waals surface area (Å²) in [5.41, 5.74) is 8.06. The van der Waals surface area contributed by atoms with Crippen molar-refractivity contribution in [1.29, 1.82) is 0 Å². The Balaban J connectivity index is 0.00000124. The normalized spacial score (nSPS) is 13.3. The summed E-state index contributed by atoms with van der Waals surface area (Å²) in [5, 5.41) is 0. The number of carbonyl (C=O) groups excluding carboxylic acids is 1. The first kappa shape index (κ1) is 21.6. The summed E-state index contributed by atoms with van der Waals surface area (Å²) in [7, 11) is 1.50. The molecule has 0 aromatic heterocycles. The van der Waals surface area contributed by atoms with E-state index in [9.17, 15) is 4.79 Å². The van der Waals surface area contributed by atoms with Gasteiger partial charge >= 0.3 is 5.97 Å². The first-order valence-electron chi connectivity index (χ1n) is 10.4. The molecule has 0 saturated heterocycles. The van der Waals surface area contributed by atoms with Crippen LogP contribution in [-0.2, 0) is 17.6 Å². The summed E-state index contributed by atoms with van der Waals surface area (Å²) in [6, 6.07) is 26.7. The van der Waals surface area contributed by atoms with Crippen molar-refractivity contribution >= 4 is 5.97 Å². The van der Waals surface area contributed by atoms with Crippen LogP contribution >= 0.6 is 0 Å². The lowest BCUT2D eigenvalue weighted by Crippen LogP contribution is -2.16. The third kappa shape index (κ3) is 5.94. The van der Waals surface area contributed by atoms with E-state index in [0.29, 0.717) is 12.2 Å². The molecule has 0 fully saturated rings. The maximum Gasteiger partial charge on any atom is 0.311 e. The predicted molar refractivity (Wildman–Crippen MR) is 120 cm³/mol. The van der Waals surface area contributed by atoms with Gasteiger partial charge in [-0.2, -0.15) is 0 Å². The van der Waals surface area contributed by atoms with Gasteiger partial charge in [-0.05, 0) is 55.5 Å². The molecule has 30 heavy (non-hydrogen) atoms. The fraction of sp³-hybridized carbons (Fsp3) is 0.269. The van der Waals surface area contributed by atoms with Crippen molar-refractivity contribution in [1.82, 2.24) is 0 Å². The Morgan fingerprint density at radius 1 is 0.933 bits per heavy atom. The molecule has 3 aromatic rings. The van der Waals surface area contributed by atoms with Crippen molar-refractivity contribution in [3.63, 3.8) is 0 Å². The van der Waals surface area contributed by atoms with Crippen molar-refractivity contribution in [2.24, 2.45) is 5.73 Å². The van der Waals surface area contributed by atoms with Gasteiger partial charge in [0.25, 0.3) is 0 Å². The predicted octanol–water partition coefficient (Wildman–Crippen LogP) is 5.26. The monoisotopic (exact) mass is 403 g/mol. The largest absolute Gasteiger partial charge is 0.486 e. The van der Waals surface area contributed by atoms with Crippen LogP contribution < -0.4 is 15.2 Å². The fourth-order valence-electron chi connectivity index (χ4n) is 3.58. The molecule has 4 heteroatoms. The minimum atomic E-state index is -0.174. The van der Waals surface area contributed by atoms with Gasteiger partial charge in [-0.1, -0.05) is 66.7 Å². The molecule has 1 unspecified atom stereocenters. The number of carbonyl (C=O) groups is 1. The van der Waals surface area contributed by atoms with E-state index in [1.807, 2.05) is 42.5 Å². The molecule has 3 aromatic carbocycles. The van der Waals surface area contributed by atoms with E-state index in [1.165, 1.54) is 12.6 Å². The Morgan fingerprint density at radius 2 is 1.63 bits per heavy atom. The zero-order valence-electron chi connectivity index (χ0n) is 17.4. The number of aryl methyl sites for hydroxylation is 2. The molecule has 4 nitrogen and oxygen atoms in total. The lowest BCUT2D eigenvalue weighted by Gasteiger charge is -2.22. The second-order valence-corrected chi connectivity index (χ2v) is 7.14. The molecular weight excluding hydrogens is 374 g/mol. The summed E-state index contributed by atoms with van der Waals surface area (Å²) in [6.07, 6.45) is 4.10. The molecule has 0 radical (unpaired) electrons. The van der Waals surface area contributed by atoms with E-state index in [4.69, 9.17) is 9.47 Å². The maximum absolute atomic E-state index is 11.6. The van der Waals surface area contributed by atoms with Crippen molar-refractivity contribution in [2.45, 2.75) is 38.2 Å². The van der Waals surface area contributed by atoms with Crippen molar-refractivity contribution in [3.8, 4) is 11.5 Å². The molecule has 2 N–H and O–H groups in total. The van der Waals surface area contributed by atoms with Gasteiger partial charge in [-0.15, -0.1) is 0 Å². The number of esters is 1. The topological polar surface area (TPSA) is 61.6 Å². The van der Waals surface area contributed by atoms with Gasteiger partial charge in [0.1, 0.15) is 17.6 Å². The Kier molecular flexibility index (Phi) is 8.04. The van der Waals surface area contributed by atoms with Crippen molar-refractivity contribution in [3.05, 3.63) is 95.6 Å². The molecule has 0 spiro atoms. The Labute approximate surface area is 178 Å². The number of fused-ring (bicyclic) bond motifs is 1. The molecule has 1 atom stereocenters. The van der Waals surface area contributed by atoms with Crippen LogP contribution in [0.1, 0.15) is 42.1 Å². The van der Waals surface area contributed by atoms with Crippen LogP contribution in [0.15, 0.2) is 78.9 Å². The smallest absolute Gasteiger partial charge is 0.311 e. The van der Waals surface area contributed by atoms with Crippen LogP contribution in [0.5, 0.6) is 11.5 Å². The fourth-order valence-corrected chi connectivity index (χ4v) is 3.58. The highest BCUT2D eigenvalue weighted by Gasteiger charge is 2.19. The number of hydrogen-bond acceptors (Lipinski definition) is 4. The average molecular weight is 404 g/mol. The standard InChI is InChI=1S/C25H24O3.CH5N/c26-25-17-15-21-14-16-22(18-24(21)28-25)27-23(20-11-5-2-6-12-20)13-7-10-19-8-3-1-4-9-19;1-2/h1-6,8-9,11-12,14,16,18,23H,7,10,13,15,17H2;2H2,1H3. The zero-order chi connectivity index (χ0) is 21.2. The molecule has 1 heterocycles. The van der Waals surface area contributed by atoms with Gasteiger partial charge < -0.3 is 15.2 Å². The zero-order valence-corrected chi connectivity index (χ0v) is 17.4. The van der Waals surface area contributed by atoms with Crippen LogP contribution in [0.2, 0.25) is 0 Å². The third-order valence-electron chi connectivity index (χ3n) is 5.09. The van der Waals surface area contributed by atoms with Gasteiger partial charge in [0.2, 0.25) is 0 Å². The first-order valence-corrected chi connectivity index (χ1v) is 10.4. The Morgan fingerprint density at radius 3 is 2.37 bits per heavy atom. The highest BCUT2D eigenvalue weighted by atomic mass is 16.5. The van der Waals surface area contributed by atoms with E-state index in [-0.39, 0.29) is 12.1 Å². The molecule has 0 saturated carbocycles. The van der Waals surface area contributed by atoms with E-state index >= 15 is 0 Å². The SMILES string of the molecule is CN.O=C1CCc2ccc(OC(CCCc3ccccc3)c3ccccc3)cc2O1. The van der Waals surface area contributed by atoms with Crippen LogP contribution in [0.4, 0.5) is 0 Å². The maximum atomic E-state index is 11.6. The van der Waals surface area contributed by atoms with E-state index in [1.54, 1.807) is 0 Å². The second-order valence-electron chi connectivity index (χ2n) is 7.14. The minimum Gasteiger partial charge on any atom is -0.486 e. The van der Waals surface area contributed by atoms with Gasteiger partial charge in [0, 0.05) is 6.07 Å². The quantitative estimate of drug-likeness (QED) is 0.432. The molecule has 1 aliphatic heterocycles. The van der Waals surface area contributed by atoms with Crippen molar-refractivity contribution < 1.29 is 14.3 Å². The molecule has 4 rings (SSSR count). The van der Waals surface area contributed by atoms with Crippen LogP contribution in [0.25, 0.3) is 0 Å². The second kappa shape index (κ2) is 11.2.